The van der Waals surface area contributed by atoms with Crippen molar-refractivity contribution in [2.24, 2.45) is 0 Å². The fraction of sp³-hybridized carbons (Fsp3) is 0.192. The summed E-state index contributed by atoms with van der Waals surface area (Å²) in [7, 11) is 1.40. The van der Waals surface area contributed by atoms with E-state index in [-0.39, 0.29) is 11.9 Å². The molecule has 1 amide bonds. The minimum atomic E-state index is -0.420. The summed E-state index contributed by atoms with van der Waals surface area (Å²) in [6.45, 7) is 5.22. The Kier molecular flexibility index (Phi) is 9.44. The van der Waals surface area contributed by atoms with Crippen molar-refractivity contribution in [3.8, 4) is 28.1 Å². The molecule has 0 atom stereocenters. The van der Waals surface area contributed by atoms with E-state index < -0.39 is 5.91 Å². The normalized spacial score (nSPS) is 10.8. The molecule has 3 aromatic heterocycles. The summed E-state index contributed by atoms with van der Waals surface area (Å²) in [6.07, 6.45) is 5.83. The van der Waals surface area contributed by atoms with Gasteiger partial charge in [0.25, 0.3) is 5.91 Å². The van der Waals surface area contributed by atoms with Crippen molar-refractivity contribution in [3.05, 3.63) is 72.3 Å². The largest absolute Gasteiger partial charge is 0.491 e. The van der Waals surface area contributed by atoms with Gasteiger partial charge in [-0.05, 0) is 51.1 Å². The van der Waals surface area contributed by atoms with E-state index >= 15 is 0 Å². The fourth-order valence-electron chi connectivity index (χ4n) is 3.10. The summed E-state index contributed by atoms with van der Waals surface area (Å²) >= 11 is 2.09. The van der Waals surface area contributed by atoms with Gasteiger partial charge in [-0.25, -0.2) is 14.9 Å². The van der Waals surface area contributed by atoms with Crippen molar-refractivity contribution in [1.82, 2.24) is 15.0 Å². The molecule has 1 N–H and O–H groups in total. The zero-order valence-corrected chi connectivity index (χ0v) is 23.0. The standard InChI is InChI=1S/C26H24N4O7S2/c1-15(2)34-20-7-17(8-21(10-20)35-19-5-6-23(28-13-19)39-37-33-4)25(32)30-26-29-14-24(38-26)36-22-9-18(16(3)31)11-27-12-22/h5-15H,1-4H3,(H,29,30,32). The highest BCUT2D eigenvalue weighted by atomic mass is 32.2. The van der Waals surface area contributed by atoms with E-state index in [1.165, 1.54) is 38.8 Å². The van der Waals surface area contributed by atoms with Crippen molar-refractivity contribution in [2.75, 3.05) is 12.4 Å². The van der Waals surface area contributed by atoms with Gasteiger partial charge in [0.2, 0.25) is 5.06 Å². The third kappa shape index (κ3) is 8.22. The van der Waals surface area contributed by atoms with Gasteiger partial charge in [-0.3, -0.25) is 19.9 Å². The maximum Gasteiger partial charge on any atom is 0.257 e. The maximum atomic E-state index is 13.1. The van der Waals surface area contributed by atoms with Crippen LogP contribution in [0.15, 0.2) is 66.2 Å². The van der Waals surface area contributed by atoms with Crippen LogP contribution in [0, 0.1) is 0 Å². The van der Waals surface area contributed by atoms with Crippen molar-refractivity contribution < 1.29 is 33.0 Å². The first-order valence-electron chi connectivity index (χ1n) is 11.5. The molecule has 0 aliphatic carbocycles. The number of Topliss-reactive ketones (excluding diaryl/α,β-unsaturated/α-hetero) is 1. The van der Waals surface area contributed by atoms with Gasteiger partial charge in [-0.1, -0.05) is 11.3 Å². The third-order valence-electron chi connectivity index (χ3n) is 4.69. The van der Waals surface area contributed by atoms with Crippen molar-refractivity contribution in [2.45, 2.75) is 31.9 Å². The molecule has 0 radical (unpaired) electrons. The number of ether oxygens (including phenoxy) is 3. The van der Waals surface area contributed by atoms with Crippen LogP contribution in [-0.4, -0.2) is 39.9 Å². The van der Waals surface area contributed by atoms with Crippen LogP contribution in [0.2, 0.25) is 0 Å². The number of carbonyl (C=O) groups excluding carboxylic acids is 2. The molecule has 4 aromatic rings. The number of thiazole rings is 1. The van der Waals surface area contributed by atoms with Crippen LogP contribution in [0.3, 0.4) is 0 Å². The first kappa shape index (κ1) is 28.0. The molecule has 4 rings (SSSR count). The van der Waals surface area contributed by atoms with Crippen LogP contribution in [0.25, 0.3) is 0 Å². The smallest absolute Gasteiger partial charge is 0.257 e. The Morgan fingerprint density at radius 3 is 2.41 bits per heavy atom. The number of ketones is 1. The molecule has 0 saturated heterocycles. The first-order valence-corrected chi connectivity index (χ1v) is 13.1. The molecular formula is C26H24N4O7S2. The number of nitrogens with one attached hydrogen (secondary N) is 1. The Morgan fingerprint density at radius 1 is 0.897 bits per heavy atom. The van der Waals surface area contributed by atoms with Crippen LogP contribution in [0.5, 0.6) is 28.1 Å². The Labute approximate surface area is 232 Å². The topological polar surface area (TPSA) is 131 Å². The molecule has 13 heteroatoms. The van der Waals surface area contributed by atoms with E-state index in [9.17, 15) is 9.59 Å². The lowest BCUT2D eigenvalue weighted by atomic mass is 10.2. The molecule has 0 unspecified atom stereocenters. The molecule has 202 valence electrons. The number of rotatable bonds is 12. The highest BCUT2D eigenvalue weighted by Gasteiger charge is 2.15. The van der Waals surface area contributed by atoms with Gasteiger partial charge in [0, 0.05) is 23.4 Å². The number of hydrogen-bond donors (Lipinski definition) is 1. The monoisotopic (exact) mass is 568 g/mol. The lowest BCUT2D eigenvalue weighted by Crippen LogP contribution is -2.13. The maximum absolute atomic E-state index is 13.1. The van der Waals surface area contributed by atoms with E-state index in [0.717, 1.165) is 23.4 Å². The molecule has 3 heterocycles. The van der Waals surface area contributed by atoms with E-state index in [0.29, 0.717) is 49.3 Å². The van der Waals surface area contributed by atoms with E-state index in [4.69, 9.17) is 18.5 Å². The van der Waals surface area contributed by atoms with Gasteiger partial charge in [-0.15, -0.1) is 0 Å². The number of carbonyl (C=O) groups is 2. The lowest BCUT2D eigenvalue weighted by Gasteiger charge is -2.14. The number of pyridine rings is 2. The van der Waals surface area contributed by atoms with Gasteiger partial charge >= 0.3 is 0 Å². The number of amides is 1. The average molecular weight is 569 g/mol. The first-order chi connectivity index (χ1) is 18.8. The number of nitrogens with zero attached hydrogens (tertiary/aromatic N) is 3. The SMILES string of the molecule is COOSc1ccc(Oc2cc(OC(C)C)cc(C(=O)Nc3ncc(Oc4cncc(C(C)=O)c4)s3)c2)cn1. The highest BCUT2D eigenvalue weighted by Crippen LogP contribution is 2.32. The van der Waals surface area contributed by atoms with Crippen molar-refractivity contribution in [1.29, 1.82) is 0 Å². The molecule has 0 saturated carbocycles. The van der Waals surface area contributed by atoms with Gasteiger partial charge in [-0.2, -0.15) is 4.33 Å². The second kappa shape index (κ2) is 13.2. The van der Waals surface area contributed by atoms with Crippen molar-refractivity contribution >= 4 is 40.2 Å². The molecule has 0 aliphatic rings. The van der Waals surface area contributed by atoms with E-state index in [1.807, 2.05) is 13.8 Å². The van der Waals surface area contributed by atoms with Crippen LogP contribution in [0.4, 0.5) is 5.13 Å². The van der Waals surface area contributed by atoms with Crippen molar-refractivity contribution in [3.63, 3.8) is 0 Å². The van der Waals surface area contributed by atoms with E-state index in [2.05, 4.69) is 25.2 Å². The predicted octanol–water partition coefficient (Wildman–Crippen LogP) is 6.34. The Bertz CT molecular complexity index is 1440. The van der Waals surface area contributed by atoms with Crippen LogP contribution >= 0.6 is 23.4 Å². The van der Waals surface area contributed by atoms with Gasteiger partial charge < -0.3 is 14.2 Å². The second-order valence-electron chi connectivity index (χ2n) is 8.12. The van der Waals surface area contributed by atoms with Crippen LogP contribution in [-0.2, 0) is 9.22 Å². The summed E-state index contributed by atoms with van der Waals surface area (Å²) in [6, 6.07) is 9.89. The lowest BCUT2D eigenvalue weighted by molar-refractivity contribution is -0.160. The molecule has 11 nitrogen and oxygen atoms in total. The van der Waals surface area contributed by atoms with E-state index in [1.54, 1.807) is 36.4 Å². The second-order valence-corrected chi connectivity index (χ2v) is 9.83. The number of benzene rings is 1. The molecule has 0 aliphatic heterocycles. The average Bonchev–Trinajstić information content (AvgIpc) is 3.34. The zero-order chi connectivity index (χ0) is 27.8. The molecular weight excluding hydrogens is 544 g/mol. The zero-order valence-electron chi connectivity index (χ0n) is 21.4. The molecule has 0 bridgehead atoms. The summed E-state index contributed by atoms with van der Waals surface area (Å²) in [5, 5.41) is 4.07. The summed E-state index contributed by atoms with van der Waals surface area (Å²) in [5.74, 6) is 1.14. The minimum absolute atomic E-state index is 0.121. The Morgan fingerprint density at radius 2 is 1.69 bits per heavy atom. The van der Waals surface area contributed by atoms with Gasteiger partial charge in [0.1, 0.15) is 28.0 Å². The molecule has 0 fully saturated rings. The molecule has 1 aromatic carbocycles. The van der Waals surface area contributed by atoms with Crippen LogP contribution < -0.4 is 19.5 Å². The van der Waals surface area contributed by atoms with Gasteiger partial charge in [0.15, 0.2) is 10.9 Å². The molecule has 0 spiro atoms. The summed E-state index contributed by atoms with van der Waals surface area (Å²) < 4.78 is 22.3. The Balaban J connectivity index is 1.48. The number of anilines is 1. The summed E-state index contributed by atoms with van der Waals surface area (Å²) in [5.41, 5.74) is 0.727. The Hall–Kier alpha value is -4.04. The fourth-order valence-corrected chi connectivity index (χ4v) is 4.14. The third-order valence-corrected chi connectivity index (χ3v) is 6.10. The number of hydrogen-bond acceptors (Lipinski definition) is 12. The summed E-state index contributed by atoms with van der Waals surface area (Å²) in [4.78, 5) is 41.7. The number of aromatic nitrogens is 3. The molecule has 39 heavy (non-hydrogen) atoms. The minimum Gasteiger partial charge on any atom is -0.491 e. The quantitative estimate of drug-likeness (QED) is 0.0888. The highest BCUT2D eigenvalue weighted by molar-refractivity contribution is 7.94. The van der Waals surface area contributed by atoms with Crippen LogP contribution in [0.1, 0.15) is 41.5 Å². The predicted molar refractivity (Wildman–Crippen MR) is 145 cm³/mol. The van der Waals surface area contributed by atoms with Gasteiger partial charge in [0.05, 0.1) is 43.8 Å².